The predicted octanol–water partition coefficient (Wildman–Crippen LogP) is 3.33. The van der Waals surface area contributed by atoms with E-state index < -0.39 is 15.7 Å². The fourth-order valence-corrected chi connectivity index (χ4v) is 4.65. The summed E-state index contributed by atoms with van der Waals surface area (Å²) in [6, 6.07) is 15.7. The molecule has 0 saturated heterocycles. The molecule has 0 fully saturated rings. The minimum absolute atomic E-state index is 0.107. The SMILES string of the molecule is Cc1ccc(S(=O)(=O)N2C[C@@](O)(C(I)I)N=C2c2ccccc2)cc1. The maximum atomic E-state index is 13.2. The fraction of sp³-hybridized carbons (Fsp3) is 0.235. The second-order valence-corrected chi connectivity index (χ2v) is 12.5. The third-order valence-corrected chi connectivity index (χ3v) is 7.65. The van der Waals surface area contributed by atoms with Crippen molar-refractivity contribution in [3.8, 4) is 0 Å². The monoisotopic (exact) mass is 582 g/mol. The molecule has 1 aliphatic heterocycles. The van der Waals surface area contributed by atoms with Gasteiger partial charge in [0.1, 0.15) is 7.77 Å². The molecule has 1 aliphatic rings. The van der Waals surface area contributed by atoms with Crippen LogP contribution in [0, 0.1) is 6.92 Å². The summed E-state index contributed by atoms with van der Waals surface area (Å²) in [4.78, 5) is 4.57. The highest BCUT2D eigenvalue weighted by Gasteiger charge is 2.47. The number of amidine groups is 1. The van der Waals surface area contributed by atoms with Gasteiger partial charge in [-0.15, -0.1) is 0 Å². The van der Waals surface area contributed by atoms with Crippen molar-refractivity contribution in [3.63, 3.8) is 0 Å². The summed E-state index contributed by atoms with van der Waals surface area (Å²) < 4.78 is 27.3. The van der Waals surface area contributed by atoms with Crippen LogP contribution in [0.15, 0.2) is 64.5 Å². The van der Waals surface area contributed by atoms with E-state index >= 15 is 0 Å². The van der Waals surface area contributed by atoms with E-state index in [1.54, 1.807) is 36.4 Å². The minimum atomic E-state index is -3.82. The summed E-state index contributed by atoms with van der Waals surface area (Å²) in [5, 5.41) is 10.8. The zero-order chi connectivity index (χ0) is 18.2. The number of aliphatic hydroxyl groups is 1. The van der Waals surface area contributed by atoms with Crippen molar-refractivity contribution in [2.24, 2.45) is 4.99 Å². The van der Waals surface area contributed by atoms with Crippen LogP contribution in [0.5, 0.6) is 0 Å². The Hall–Kier alpha value is -0.720. The van der Waals surface area contributed by atoms with Crippen molar-refractivity contribution >= 4 is 61.0 Å². The molecule has 0 unspecified atom stereocenters. The number of halogens is 2. The maximum Gasteiger partial charge on any atom is 0.265 e. The highest BCUT2D eigenvalue weighted by atomic mass is 127. The van der Waals surface area contributed by atoms with Crippen LogP contribution in [0.1, 0.15) is 11.1 Å². The zero-order valence-electron chi connectivity index (χ0n) is 13.3. The maximum absolute atomic E-state index is 13.2. The molecule has 25 heavy (non-hydrogen) atoms. The topological polar surface area (TPSA) is 70.0 Å². The van der Waals surface area contributed by atoms with Crippen LogP contribution in [0.4, 0.5) is 0 Å². The van der Waals surface area contributed by atoms with Crippen LogP contribution in [-0.2, 0) is 10.0 Å². The van der Waals surface area contributed by atoms with Crippen LogP contribution in [-0.4, -0.2) is 37.9 Å². The molecule has 0 spiro atoms. The first kappa shape index (κ1) is 19.1. The Morgan fingerprint density at radius 1 is 1.12 bits per heavy atom. The van der Waals surface area contributed by atoms with Crippen molar-refractivity contribution < 1.29 is 13.5 Å². The molecule has 3 rings (SSSR count). The molecule has 1 N–H and O–H groups in total. The first-order valence-corrected chi connectivity index (χ1v) is 11.4. The standard InChI is InChI=1S/C17H16I2N2O3S/c1-12-7-9-14(10-8-12)25(23,24)21-11-17(22,16(18)19)20-15(21)13-5-3-2-4-6-13/h2-10,16,22H,11H2,1H3/t17-/m1/s1. The molecule has 2 aromatic carbocycles. The van der Waals surface area contributed by atoms with Gasteiger partial charge in [0.25, 0.3) is 10.0 Å². The van der Waals surface area contributed by atoms with Gasteiger partial charge in [-0.05, 0) is 19.1 Å². The first-order chi connectivity index (χ1) is 11.7. The molecule has 0 bridgehead atoms. The number of nitrogens with zero attached hydrogens (tertiary/aromatic N) is 2. The van der Waals surface area contributed by atoms with Gasteiger partial charge in [-0.25, -0.2) is 17.7 Å². The van der Waals surface area contributed by atoms with Gasteiger partial charge in [-0.3, -0.25) is 0 Å². The lowest BCUT2D eigenvalue weighted by atomic mass is 10.2. The van der Waals surface area contributed by atoms with Crippen molar-refractivity contribution in [1.82, 2.24) is 4.31 Å². The largest absolute Gasteiger partial charge is 0.366 e. The van der Waals surface area contributed by atoms with E-state index in [0.29, 0.717) is 5.56 Å². The van der Waals surface area contributed by atoms with E-state index in [0.717, 1.165) is 5.56 Å². The van der Waals surface area contributed by atoms with Gasteiger partial charge in [0.05, 0.1) is 11.4 Å². The van der Waals surface area contributed by atoms with Gasteiger partial charge >= 0.3 is 0 Å². The lowest BCUT2D eigenvalue weighted by Crippen LogP contribution is -2.42. The molecule has 0 saturated carbocycles. The molecule has 0 radical (unpaired) electrons. The molecule has 0 aromatic heterocycles. The summed E-state index contributed by atoms with van der Waals surface area (Å²) in [6.45, 7) is 1.79. The Morgan fingerprint density at radius 3 is 2.28 bits per heavy atom. The lowest BCUT2D eigenvalue weighted by Gasteiger charge is -2.24. The second kappa shape index (κ2) is 7.12. The molecule has 1 heterocycles. The van der Waals surface area contributed by atoms with E-state index in [1.165, 1.54) is 4.31 Å². The third kappa shape index (κ3) is 3.71. The van der Waals surface area contributed by atoms with Crippen LogP contribution >= 0.6 is 45.2 Å². The third-order valence-electron chi connectivity index (χ3n) is 3.90. The van der Waals surface area contributed by atoms with Crippen LogP contribution in [0.3, 0.4) is 0 Å². The summed E-state index contributed by atoms with van der Waals surface area (Å²) in [5.74, 6) is 0.266. The Morgan fingerprint density at radius 2 is 1.72 bits per heavy atom. The Kier molecular flexibility index (Phi) is 5.43. The molecule has 8 heteroatoms. The number of aliphatic imine (C=N–C) groups is 1. The van der Waals surface area contributed by atoms with Gasteiger partial charge in [0.2, 0.25) is 0 Å². The van der Waals surface area contributed by atoms with E-state index in [9.17, 15) is 13.5 Å². The number of benzene rings is 2. The molecular formula is C17H16I2N2O3S. The number of hydrogen-bond acceptors (Lipinski definition) is 4. The molecule has 1 atom stereocenters. The number of hydrogen-bond donors (Lipinski definition) is 1. The molecular weight excluding hydrogens is 566 g/mol. The van der Waals surface area contributed by atoms with Gasteiger partial charge in [0, 0.05) is 5.56 Å². The molecule has 5 nitrogen and oxygen atoms in total. The number of aryl methyl sites for hydroxylation is 1. The normalized spacial score (nSPS) is 20.8. The molecule has 0 amide bonds. The fourth-order valence-electron chi connectivity index (χ4n) is 2.51. The van der Waals surface area contributed by atoms with E-state index in [4.69, 9.17) is 0 Å². The summed E-state index contributed by atoms with van der Waals surface area (Å²) in [5.41, 5.74) is 0.167. The zero-order valence-corrected chi connectivity index (χ0v) is 18.4. The van der Waals surface area contributed by atoms with Gasteiger partial charge < -0.3 is 5.11 Å². The quantitative estimate of drug-likeness (QED) is 0.445. The van der Waals surface area contributed by atoms with Gasteiger partial charge in [-0.1, -0.05) is 93.2 Å². The Bertz CT molecular complexity index is 899. The smallest absolute Gasteiger partial charge is 0.265 e. The molecule has 2 aromatic rings. The number of rotatable bonds is 4. The van der Waals surface area contributed by atoms with Gasteiger partial charge in [0.15, 0.2) is 5.72 Å². The first-order valence-electron chi connectivity index (χ1n) is 7.49. The summed E-state index contributed by atoms with van der Waals surface area (Å²) in [6.07, 6.45) is 0. The number of β-amino-alcohol motifs (C(OH)–C–C–N with tert-alkyl or cyclic N) is 1. The van der Waals surface area contributed by atoms with Crippen LogP contribution in [0.25, 0.3) is 0 Å². The highest BCUT2D eigenvalue weighted by Crippen LogP contribution is 2.35. The Labute approximate surface area is 174 Å². The molecule has 0 aliphatic carbocycles. The van der Waals surface area contributed by atoms with E-state index in [1.807, 2.05) is 25.1 Å². The van der Waals surface area contributed by atoms with Crippen LogP contribution < -0.4 is 0 Å². The van der Waals surface area contributed by atoms with E-state index in [-0.39, 0.29) is 19.2 Å². The lowest BCUT2D eigenvalue weighted by molar-refractivity contribution is 0.0785. The van der Waals surface area contributed by atoms with Crippen molar-refractivity contribution in [2.75, 3.05) is 6.54 Å². The molecule has 132 valence electrons. The predicted molar refractivity (Wildman–Crippen MR) is 115 cm³/mol. The van der Waals surface area contributed by atoms with Crippen molar-refractivity contribution in [2.45, 2.75) is 19.5 Å². The second-order valence-electron chi connectivity index (χ2n) is 5.81. The van der Waals surface area contributed by atoms with Gasteiger partial charge in [-0.2, -0.15) is 0 Å². The Balaban J connectivity index is 2.10. The number of alkyl halides is 2. The van der Waals surface area contributed by atoms with Crippen molar-refractivity contribution in [1.29, 1.82) is 0 Å². The van der Waals surface area contributed by atoms with Crippen molar-refractivity contribution in [3.05, 3.63) is 65.7 Å². The highest BCUT2D eigenvalue weighted by molar-refractivity contribution is 14.2. The minimum Gasteiger partial charge on any atom is -0.366 e. The average molecular weight is 582 g/mol. The summed E-state index contributed by atoms with van der Waals surface area (Å²) >= 11 is 4.11. The number of sulfonamides is 1. The summed E-state index contributed by atoms with van der Waals surface area (Å²) in [7, 11) is -3.82. The average Bonchev–Trinajstić information content (AvgIpc) is 2.96. The van der Waals surface area contributed by atoms with E-state index in [2.05, 4.69) is 50.2 Å². The van der Waals surface area contributed by atoms with Crippen LogP contribution in [0.2, 0.25) is 0 Å².